The molecule has 7 nitrogen and oxygen atoms in total. The Bertz CT molecular complexity index is 1430. The van der Waals surface area contributed by atoms with Gasteiger partial charge in [-0.15, -0.1) is 0 Å². The number of aryl methyl sites for hydroxylation is 1. The Morgan fingerprint density at radius 3 is 2.38 bits per heavy atom. The quantitative estimate of drug-likeness (QED) is 0.415. The number of rotatable bonds is 6. The highest BCUT2D eigenvalue weighted by atomic mass is 32.2. The lowest BCUT2D eigenvalue weighted by Crippen LogP contribution is -2.16. The summed E-state index contributed by atoms with van der Waals surface area (Å²) in [7, 11) is -4.09. The van der Waals surface area contributed by atoms with E-state index in [0.717, 1.165) is 11.1 Å². The van der Waals surface area contributed by atoms with Crippen LogP contribution in [-0.2, 0) is 16.4 Å². The summed E-state index contributed by atoms with van der Waals surface area (Å²) in [4.78, 5) is 4.28. The number of halogens is 1. The zero-order chi connectivity index (χ0) is 23.7. The first-order chi connectivity index (χ1) is 16.4. The van der Waals surface area contributed by atoms with Crippen LogP contribution in [-0.4, -0.2) is 26.6 Å². The molecule has 0 amide bonds. The monoisotopic (exact) mass is 480 g/mol. The van der Waals surface area contributed by atoms with Gasteiger partial charge in [0.05, 0.1) is 4.90 Å². The molecule has 0 saturated heterocycles. The summed E-state index contributed by atoms with van der Waals surface area (Å²) in [6.45, 7) is 3.04. The van der Waals surface area contributed by atoms with Crippen LogP contribution >= 0.6 is 0 Å². The summed E-state index contributed by atoms with van der Waals surface area (Å²) >= 11 is 0. The van der Waals surface area contributed by atoms with Crippen LogP contribution in [0.4, 0.5) is 10.3 Å². The van der Waals surface area contributed by atoms with E-state index in [1.54, 1.807) is 6.07 Å². The molecule has 0 spiro atoms. The third-order valence-corrected chi connectivity index (χ3v) is 7.00. The second-order valence-corrected chi connectivity index (χ2v) is 9.67. The van der Waals surface area contributed by atoms with Crippen molar-refractivity contribution in [1.82, 2.24) is 4.98 Å². The van der Waals surface area contributed by atoms with Crippen LogP contribution in [0, 0.1) is 12.7 Å². The molecule has 2 heterocycles. The van der Waals surface area contributed by atoms with Crippen molar-refractivity contribution < 1.29 is 26.7 Å². The Morgan fingerprint density at radius 2 is 1.65 bits per heavy atom. The fourth-order valence-corrected chi connectivity index (χ4v) is 4.80. The molecule has 3 aromatic carbocycles. The lowest BCUT2D eigenvalue weighted by atomic mass is 10.1. The van der Waals surface area contributed by atoms with Crippen molar-refractivity contribution in [3.63, 3.8) is 0 Å². The Hall–Kier alpha value is -3.85. The third-order valence-electron chi connectivity index (χ3n) is 5.34. The summed E-state index contributed by atoms with van der Waals surface area (Å²) in [6.07, 6.45) is 0. The highest BCUT2D eigenvalue weighted by Crippen LogP contribution is 2.37. The first kappa shape index (κ1) is 22.0. The van der Waals surface area contributed by atoms with Crippen LogP contribution < -0.4 is 14.8 Å². The maximum atomic E-state index is 13.6. The van der Waals surface area contributed by atoms with Gasteiger partial charge < -0.3 is 19.2 Å². The molecule has 1 N–H and O–H groups in total. The molecule has 4 aromatic rings. The fourth-order valence-electron chi connectivity index (χ4n) is 3.51. The molecule has 0 atom stereocenters. The molecule has 174 valence electrons. The number of aromatic nitrogens is 1. The third kappa shape index (κ3) is 4.34. The van der Waals surface area contributed by atoms with E-state index in [-0.39, 0.29) is 21.7 Å². The molecule has 9 heteroatoms. The number of nitrogens with one attached hydrogen (secondary N) is 1. The Labute approximate surface area is 196 Å². The van der Waals surface area contributed by atoms with E-state index < -0.39 is 15.7 Å². The number of sulfone groups is 1. The van der Waals surface area contributed by atoms with E-state index in [0.29, 0.717) is 36.8 Å². The van der Waals surface area contributed by atoms with Gasteiger partial charge in [-0.2, -0.15) is 4.98 Å². The smallest absolute Gasteiger partial charge is 0.234 e. The molecule has 0 fully saturated rings. The van der Waals surface area contributed by atoms with Crippen molar-refractivity contribution in [2.24, 2.45) is 0 Å². The minimum absolute atomic E-state index is 0.00482. The van der Waals surface area contributed by atoms with Gasteiger partial charge in [-0.05, 0) is 48.9 Å². The Kier molecular flexibility index (Phi) is 5.70. The van der Waals surface area contributed by atoms with Crippen molar-refractivity contribution in [2.75, 3.05) is 18.5 Å². The van der Waals surface area contributed by atoms with E-state index in [4.69, 9.17) is 13.9 Å². The van der Waals surface area contributed by atoms with E-state index in [1.165, 1.54) is 36.4 Å². The largest absolute Gasteiger partial charge is 0.486 e. The second-order valence-electron chi connectivity index (χ2n) is 7.81. The number of ether oxygens (including phenoxy) is 2. The molecule has 34 heavy (non-hydrogen) atoms. The molecule has 0 saturated carbocycles. The number of anilines is 1. The van der Waals surface area contributed by atoms with Gasteiger partial charge in [0.1, 0.15) is 19.0 Å². The van der Waals surface area contributed by atoms with Gasteiger partial charge in [-0.25, -0.2) is 12.8 Å². The zero-order valence-corrected chi connectivity index (χ0v) is 19.1. The van der Waals surface area contributed by atoms with Gasteiger partial charge in [0, 0.05) is 18.2 Å². The van der Waals surface area contributed by atoms with E-state index >= 15 is 0 Å². The Balaban J connectivity index is 1.54. The van der Waals surface area contributed by atoms with Crippen LogP contribution in [0.3, 0.4) is 0 Å². The molecule has 0 unspecified atom stereocenters. The highest BCUT2D eigenvalue weighted by Gasteiger charge is 2.30. The van der Waals surface area contributed by atoms with Crippen molar-refractivity contribution in [3.8, 4) is 23.0 Å². The van der Waals surface area contributed by atoms with Gasteiger partial charge in [0.2, 0.25) is 26.6 Å². The molecule has 0 aliphatic carbocycles. The van der Waals surface area contributed by atoms with Crippen LogP contribution in [0.2, 0.25) is 0 Å². The Morgan fingerprint density at radius 1 is 0.941 bits per heavy atom. The number of nitrogens with zero attached hydrogens (tertiary/aromatic N) is 1. The summed E-state index contributed by atoms with van der Waals surface area (Å²) in [5, 5.41) is 2.78. The second kappa shape index (κ2) is 8.83. The molecule has 1 aromatic heterocycles. The van der Waals surface area contributed by atoms with Crippen LogP contribution in [0.25, 0.3) is 11.5 Å². The number of oxazole rings is 1. The minimum Gasteiger partial charge on any atom is -0.486 e. The minimum atomic E-state index is -4.09. The number of benzene rings is 3. The number of hydrogen-bond acceptors (Lipinski definition) is 7. The SMILES string of the molecule is Cc1ccc(CNc2oc(-c3ccc(F)cc3)nc2S(=O)(=O)c2ccc3c(c2)OCCO3)cc1. The lowest BCUT2D eigenvalue weighted by Gasteiger charge is -2.18. The van der Waals surface area contributed by atoms with E-state index in [9.17, 15) is 12.8 Å². The predicted molar refractivity (Wildman–Crippen MR) is 123 cm³/mol. The average Bonchev–Trinajstić information content (AvgIpc) is 3.29. The van der Waals surface area contributed by atoms with Crippen molar-refractivity contribution in [1.29, 1.82) is 0 Å². The van der Waals surface area contributed by atoms with Crippen LogP contribution in [0.1, 0.15) is 11.1 Å². The first-order valence-electron chi connectivity index (χ1n) is 10.6. The highest BCUT2D eigenvalue weighted by molar-refractivity contribution is 7.91. The summed E-state index contributed by atoms with van der Waals surface area (Å²) in [6, 6.07) is 17.7. The van der Waals surface area contributed by atoms with E-state index in [2.05, 4.69) is 10.3 Å². The normalized spacial score (nSPS) is 13.0. The molecule has 5 rings (SSSR count). The first-order valence-corrected chi connectivity index (χ1v) is 12.1. The van der Waals surface area contributed by atoms with Crippen LogP contribution in [0.5, 0.6) is 11.5 Å². The van der Waals surface area contributed by atoms with Gasteiger partial charge in [-0.1, -0.05) is 29.8 Å². The predicted octanol–water partition coefficient (Wildman–Crippen LogP) is 5.01. The molecular formula is C25H21FN2O5S. The fraction of sp³-hybridized carbons (Fsp3) is 0.160. The molecule has 0 bridgehead atoms. The molecular weight excluding hydrogens is 459 g/mol. The van der Waals surface area contributed by atoms with Gasteiger partial charge >= 0.3 is 0 Å². The number of fused-ring (bicyclic) bond motifs is 1. The standard InChI is InChI=1S/C25H21FN2O5S/c1-16-2-4-17(5-3-16)15-27-24-25(28-23(33-24)18-6-8-19(26)9-7-18)34(29,30)20-10-11-21-22(14-20)32-13-12-31-21/h2-11,14,27H,12-13,15H2,1H3. The van der Waals surface area contributed by atoms with Crippen LogP contribution in [0.15, 0.2) is 81.1 Å². The molecule has 1 aliphatic heterocycles. The number of hydrogen-bond donors (Lipinski definition) is 1. The van der Waals surface area contributed by atoms with Crippen molar-refractivity contribution >= 4 is 15.7 Å². The van der Waals surface area contributed by atoms with E-state index in [1.807, 2.05) is 31.2 Å². The van der Waals surface area contributed by atoms with Crippen molar-refractivity contribution in [2.45, 2.75) is 23.4 Å². The zero-order valence-electron chi connectivity index (χ0n) is 18.2. The summed E-state index contributed by atoms with van der Waals surface area (Å²) in [5.74, 6) is 0.466. The van der Waals surface area contributed by atoms with Crippen molar-refractivity contribution in [3.05, 3.63) is 83.7 Å². The topological polar surface area (TPSA) is 90.7 Å². The van der Waals surface area contributed by atoms with Gasteiger partial charge in [0.25, 0.3) is 0 Å². The van der Waals surface area contributed by atoms with Gasteiger partial charge in [-0.3, -0.25) is 0 Å². The average molecular weight is 481 g/mol. The maximum absolute atomic E-state index is 13.6. The van der Waals surface area contributed by atoms with Gasteiger partial charge in [0.15, 0.2) is 11.5 Å². The molecule has 1 aliphatic rings. The summed E-state index contributed by atoms with van der Waals surface area (Å²) in [5.41, 5.74) is 2.50. The molecule has 0 radical (unpaired) electrons. The summed E-state index contributed by atoms with van der Waals surface area (Å²) < 4.78 is 57.4. The maximum Gasteiger partial charge on any atom is 0.234 e. The lowest BCUT2D eigenvalue weighted by molar-refractivity contribution is 0.171.